The molecule has 5 rings (SSSR count). The summed E-state index contributed by atoms with van der Waals surface area (Å²) in [4.78, 5) is 53.9. The van der Waals surface area contributed by atoms with Crippen LogP contribution >= 0.6 is 0 Å². The Labute approximate surface area is 259 Å². The molecule has 3 N–H and O–H groups in total. The Morgan fingerprint density at radius 3 is 2.25 bits per heavy atom. The van der Waals surface area contributed by atoms with E-state index in [-0.39, 0.29) is 18.1 Å². The van der Waals surface area contributed by atoms with Crippen LogP contribution in [0.1, 0.15) is 69.6 Å². The second-order valence-corrected chi connectivity index (χ2v) is 12.6. The molecule has 1 heterocycles. The van der Waals surface area contributed by atoms with Crippen LogP contribution in [0.25, 0.3) is 5.57 Å². The minimum Gasteiger partial charge on any atom is -0.497 e. The number of benzene rings is 2. The summed E-state index contributed by atoms with van der Waals surface area (Å²) in [5, 5.41) is 8.65. The molecule has 9 nitrogen and oxygen atoms in total. The van der Waals surface area contributed by atoms with Gasteiger partial charge in [0.25, 0.3) is 0 Å². The van der Waals surface area contributed by atoms with Crippen molar-refractivity contribution in [1.29, 1.82) is 0 Å². The minimum absolute atomic E-state index is 0.130. The van der Waals surface area contributed by atoms with Crippen molar-refractivity contribution >= 4 is 29.1 Å². The van der Waals surface area contributed by atoms with Crippen molar-refractivity contribution in [2.45, 2.75) is 89.4 Å². The number of allylic oxidation sites excluding steroid dienone is 1. The molecular formula is C35H43N3O6. The van der Waals surface area contributed by atoms with E-state index in [1.165, 1.54) is 0 Å². The van der Waals surface area contributed by atoms with Crippen molar-refractivity contribution in [1.82, 2.24) is 16.0 Å². The second-order valence-electron chi connectivity index (χ2n) is 12.6. The van der Waals surface area contributed by atoms with Crippen LogP contribution in [0.5, 0.6) is 5.75 Å². The van der Waals surface area contributed by atoms with E-state index in [0.717, 1.165) is 47.9 Å². The zero-order valence-corrected chi connectivity index (χ0v) is 26.0. The van der Waals surface area contributed by atoms with E-state index in [9.17, 15) is 19.2 Å². The van der Waals surface area contributed by atoms with Crippen molar-refractivity contribution in [3.05, 3.63) is 70.8 Å². The van der Waals surface area contributed by atoms with E-state index < -0.39 is 35.5 Å². The van der Waals surface area contributed by atoms with Gasteiger partial charge in [-0.3, -0.25) is 19.2 Å². The average Bonchev–Trinajstić information content (AvgIpc) is 3.40. The number of hydrogen-bond acceptors (Lipinski definition) is 6. The number of fused-ring (bicyclic) bond motifs is 1. The third-order valence-electron chi connectivity index (χ3n) is 9.26. The number of carbonyl (C=O) groups is 4. The number of Topliss-reactive ketones (excluding diaryl/α,β-unsaturated/α-hetero) is 1. The maximum atomic E-state index is 13.8. The first-order chi connectivity index (χ1) is 21.1. The number of ketones is 1. The molecule has 4 atom stereocenters. The number of nitrogens with one attached hydrogen (secondary N) is 3. The molecule has 2 aliphatic carbocycles. The lowest BCUT2D eigenvalue weighted by atomic mass is 9.90. The molecule has 0 radical (unpaired) electrons. The Hall–Kier alpha value is -3.98. The van der Waals surface area contributed by atoms with Gasteiger partial charge >= 0.3 is 0 Å². The molecule has 2 aromatic carbocycles. The maximum absolute atomic E-state index is 13.8. The highest BCUT2D eigenvalue weighted by atomic mass is 16.6. The molecular weight excluding hydrogens is 558 g/mol. The first kappa shape index (κ1) is 31.4. The molecule has 4 unspecified atom stereocenters. The number of ether oxygens (including phenoxy) is 2. The van der Waals surface area contributed by atoms with Gasteiger partial charge in [0.15, 0.2) is 5.78 Å². The van der Waals surface area contributed by atoms with Crippen LogP contribution < -0.4 is 20.7 Å². The topological polar surface area (TPSA) is 126 Å². The van der Waals surface area contributed by atoms with Crippen LogP contribution in [-0.2, 0) is 36.8 Å². The van der Waals surface area contributed by atoms with Gasteiger partial charge < -0.3 is 25.4 Å². The van der Waals surface area contributed by atoms with Crippen molar-refractivity contribution in [2.24, 2.45) is 5.92 Å². The standard InChI is InChI=1S/C35H43N3O6/c1-21-27-12-8-7-11-25(27)19-28(21)33(41)36-22(2)32(40)38-30(18-24-13-15-26(43-4)16-14-24)34(42)37-29(17-23-9-5-6-10-23)31(39)35(3)20-44-35/h7-8,11-16,22-23,29-30H,5-6,9-10,17-20H2,1-4H3,(H,36,41)(H,37,42)(H,38,40). The zero-order chi connectivity index (χ0) is 31.4. The highest BCUT2D eigenvalue weighted by Gasteiger charge is 2.50. The fourth-order valence-electron chi connectivity index (χ4n) is 6.33. The van der Waals surface area contributed by atoms with Crippen molar-refractivity contribution in [3.63, 3.8) is 0 Å². The van der Waals surface area contributed by atoms with Gasteiger partial charge in [0.2, 0.25) is 17.7 Å². The van der Waals surface area contributed by atoms with Crippen LogP contribution in [0.2, 0.25) is 0 Å². The van der Waals surface area contributed by atoms with Crippen LogP contribution in [0, 0.1) is 5.92 Å². The molecule has 9 heteroatoms. The molecule has 2 fully saturated rings. The fraction of sp³-hybridized carbons (Fsp3) is 0.486. The molecule has 0 spiro atoms. The largest absolute Gasteiger partial charge is 0.497 e. The van der Waals surface area contributed by atoms with Gasteiger partial charge in [-0.15, -0.1) is 0 Å². The molecule has 2 aromatic rings. The number of methoxy groups -OCH3 is 1. The Morgan fingerprint density at radius 1 is 0.955 bits per heavy atom. The third-order valence-corrected chi connectivity index (χ3v) is 9.26. The van der Waals surface area contributed by atoms with E-state index in [1.807, 2.05) is 43.3 Å². The number of amides is 3. The van der Waals surface area contributed by atoms with Crippen LogP contribution in [-0.4, -0.2) is 60.9 Å². The lowest BCUT2D eigenvalue weighted by molar-refractivity contribution is -0.134. The minimum atomic E-state index is -0.973. The van der Waals surface area contributed by atoms with E-state index in [4.69, 9.17) is 9.47 Å². The van der Waals surface area contributed by atoms with Gasteiger partial charge in [-0.25, -0.2) is 0 Å². The van der Waals surface area contributed by atoms with E-state index in [2.05, 4.69) is 16.0 Å². The lowest BCUT2D eigenvalue weighted by Gasteiger charge is -2.26. The summed E-state index contributed by atoms with van der Waals surface area (Å²) in [6, 6.07) is 12.6. The van der Waals surface area contributed by atoms with Gasteiger partial charge in [0.05, 0.1) is 19.8 Å². The lowest BCUT2D eigenvalue weighted by Crippen LogP contribution is -2.57. The summed E-state index contributed by atoms with van der Waals surface area (Å²) in [5.41, 5.74) is 3.57. The molecule has 234 valence electrons. The first-order valence-electron chi connectivity index (χ1n) is 15.6. The van der Waals surface area contributed by atoms with Gasteiger partial charge in [0, 0.05) is 18.4 Å². The summed E-state index contributed by atoms with van der Waals surface area (Å²) in [5.74, 6) is -0.342. The molecule has 44 heavy (non-hydrogen) atoms. The Bertz CT molecular complexity index is 1440. The van der Waals surface area contributed by atoms with Gasteiger partial charge in [0.1, 0.15) is 23.4 Å². The fourth-order valence-corrected chi connectivity index (χ4v) is 6.33. The Balaban J connectivity index is 1.29. The SMILES string of the molecule is COc1ccc(CC(NC(=O)C(C)NC(=O)C2=C(C)c3ccccc3C2)C(=O)NC(CC2CCCC2)C(=O)C2(C)CO2)cc1. The molecule has 1 aliphatic heterocycles. The van der Waals surface area contributed by atoms with E-state index >= 15 is 0 Å². The summed E-state index contributed by atoms with van der Waals surface area (Å²) in [7, 11) is 1.58. The third kappa shape index (κ3) is 7.21. The van der Waals surface area contributed by atoms with Gasteiger partial charge in [-0.2, -0.15) is 0 Å². The second kappa shape index (κ2) is 13.3. The Morgan fingerprint density at radius 2 is 1.61 bits per heavy atom. The first-order valence-corrected chi connectivity index (χ1v) is 15.6. The highest BCUT2D eigenvalue weighted by molar-refractivity contribution is 6.05. The molecule has 3 aliphatic rings. The monoisotopic (exact) mass is 601 g/mol. The predicted molar refractivity (Wildman–Crippen MR) is 167 cm³/mol. The number of rotatable bonds is 13. The number of hydrogen-bond donors (Lipinski definition) is 3. The van der Waals surface area contributed by atoms with Crippen molar-refractivity contribution in [2.75, 3.05) is 13.7 Å². The quantitative estimate of drug-likeness (QED) is 0.301. The van der Waals surface area contributed by atoms with Crippen molar-refractivity contribution in [3.8, 4) is 5.75 Å². The van der Waals surface area contributed by atoms with E-state index in [1.54, 1.807) is 33.1 Å². The van der Waals surface area contributed by atoms with Crippen LogP contribution in [0.3, 0.4) is 0 Å². The summed E-state index contributed by atoms with van der Waals surface area (Å²) < 4.78 is 10.7. The average molecular weight is 602 g/mol. The molecule has 1 saturated heterocycles. The highest BCUT2D eigenvalue weighted by Crippen LogP contribution is 2.34. The zero-order valence-electron chi connectivity index (χ0n) is 26.0. The molecule has 0 aromatic heterocycles. The summed E-state index contributed by atoms with van der Waals surface area (Å²) in [6.45, 7) is 5.61. The summed E-state index contributed by atoms with van der Waals surface area (Å²) in [6.07, 6.45) is 5.55. The maximum Gasteiger partial charge on any atom is 0.248 e. The summed E-state index contributed by atoms with van der Waals surface area (Å²) >= 11 is 0. The normalized spacial score (nSPS) is 21.2. The van der Waals surface area contributed by atoms with Crippen LogP contribution in [0.15, 0.2) is 54.1 Å². The molecule has 3 amide bonds. The van der Waals surface area contributed by atoms with Gasteiger partial charge in [-0.05, 0) is 67.5 Å². The molecule has 1 saturated carbocycles. The number of epoxide rings is 1. The Kier molecular flexibility index (Phi) is 9.53. The van der Waals surface area contributed by atoms with E-state index in [0.29, 0.717) is 36.7 Å². The van der Waals surface area contributed by atoms with Crippen molar-refractivity contribution < 1.29 is 28.7 Å². The van der Waals surface area contributed by atoms with Crippen LogP contribution in [0.4, 0.5) is 0 Å². The predicted octanol–water partition coefficient (Wildman–Crippen LogP) is 3.68. The van der Waals surface area contributed by atoms with Gasteiger partial charge in [-0.1, -0.05) is 62.1 Å². The molecule has 0 bridgehead atoms. The number of carbonyl (C=O) groups excluding carboxylic acids is 4. The smallest absolute Gasteiger partial charge is 0.248 e.